The molecule has 0 aliphatic heterocycles. The zero-order valence-electron chi connectivity index (χ0n) is 11.9. The van der Waals surface area contributed by atoms with Crippen molar-refractivity contribution in [3.05, 3.63) is 64.3 Å². The lowest BCUT2D eigenvalue weighted by Crippen LogP contribution is -2.04. The number of carbonyl (C=O) groups is 1. The third kappa shape index (κ3) is 3.73. The monoisotopic (exact) mass is 346 g/mol. The van der Waals surface area contributed by atoms with Crippen LogP contribution in [0.4, 0.5) is 11.4 Å². The molecule has 0 fully saturated rings. The number of para-hydroxylation sites is 1. The van der Waals surface area contributed by atoms with Gasteiger partial charge in [-0.3, -0.25) is 9.78 Å². The Labute approximate surface area is 142 Å². The summed E-state index contributed by atoms with van der Waals surface area (Å²) in [6.07, 6.45) is -0.143. The maximum atomic E-state index is 11.0. The van der Waals surface area contributed by atoms with Gasteiger partial charge in [-0.1, -0.05) is 41.4 Å². The zero-order chi connectivity index (χ0) is 16.4. The van der Waals surface area contributed by atoms with Gasteiger partial charge in [0.15, 0.2) is 0 Å². The van der Waals surface area contributed by atoms with Gasteiger partial charge in [0.1, 0.15) is 0 Å². The molecule has 4 nitrogen and oxygen atoms in total. The molecule has 0 radical (unpaired) electrons. The van der Waals surface area contributed by atoms with Crippen molar-refractivity contribution in [1.29, 1.82) is 0 Å². The number of carboxylic acid groups (broad SMARTS) is 1. The highest BCUT2D eigenvalue weighted by atomic mass is 35.5. The van der Waals surface area contributed by atoms with E-state index in [1.807, 2.05) is 24.3 Å². The fourth-order valence-electron chi connectivity index (χ4n) is 2.36. The van der Waals surface area contributed by atoms with Crippen molar-refractivity contribution in [3.8, 4) is 0 Å². The summed E-state index contributed by atoms with van der Waals surface area (Å²) in [5, 5.41) is 14.2. The molecule has 0 amide bonds. The molecule has 0 atom stereocenters. The number of aliphatic carboxylic acids is 1. The summed E-state index contributed by atoms with van der Waals surface area (Å²) in [7, 11) is 0. The number of benzene rings is 2. The first-order valence-electron chi connectivity index (χ1n) is 6.85. The van der Waals surface area contributed by atoms with E-state index in [4.69, 9.17) is 28.3 Å². The van der Waals surface area contributed by atoms with Crippen LogP contribution in [0.15, 0.2) is 48.5 Å². The van der Waals surface area contributed by atoms with E-state index in [9.17, 15) is 4.79 Å². The van der Waals surface area contributed by atoms with Crippen molar-refractivity contribution in [2.24, 2.45) is 0 Å². The van der Waals surface area contributed by atoms with Crippen molar-refractivity contribution in [1.82, 2.24) is 4.98 Å². The average Bonchev–Trinajstić information content (AvgIpc) is 2.45. The van der Waals surface area contributed by atoms with Gasteiger partial charge in [0.25, 0.3) is 0 Å². The highest BCUT2D eigenvalue weighted by Crippen LogP contribution is 2.29. The van der Waals surface area contributed by atoms with Crippen molar-refractivity contribution < 1.29 is 9.90 Å². The summed E-state index contributed by atoms with van der Waals surface area (Å²) in [4.78, 5) is 15.3. The molecule has 0 aliphatic carbocycles. The van der Waals surface area contributed by atoms with Gasteiger partial charge in [-0.2, -0.15) is 0 Å². The Morgan fingerprint density at radius 1 is 1.09 bits per heavy atom. The summed E-state index contributed by atoms with van der Waals surface area (Å²) in [6, 6.07) is 14.4. The SMILES string of the molecule is O=C(O)Cc1cc(Nc2cc(Cl)cc(Cl)c2)c2ccccc2n1. The van der Waals surface area contributed by atoms with E-state index >= 15 is 0 Å². The van der Waals surface area contributed by atoms with E-state index in [0.29, 0.717) is 15.7 Å². The number of aromatic nitrogens is 1. The third-order valence-electron chi connectivity index (χ3n) is 3.24. The molecule has 0 bridgehead atoms. The number of fused-ring (bicyclic) bond motifs is 1. The number of hydrogen-bond donors (Lipinski definition) is 2. The molecule has 0 unspecified atom stereocenters. The van der Waals surface area contributed by atoms with Crippen molar-refractivity contribution in [3.63, 3.8) is 0 Å². The fourth-order valence-corrected chi connectivity index (χ4v) is 2.89. The predicted octanol–water partition coefficient (Wildman–Crippen LogP) is 4.91. The minimum absolute atomic E-state index is 0.143. The summed E-state index contributed by atoms with van der Waals surface area (Å²) in [5.74, 6) is -0.926. The van der Waals surface area contributed by atoms with E-state index in [1.165, 1.54) is 0 Å². The minimum Gasteiger partial charge on any atom is -0.481 e. The number of nitrogens with zero attached hydrogens (tertiary/aromatic N) is 1. The lowest BCUT2D eigenvalue weighted by molar-refractivity contribution is -0.136. The summed E-state index contributed by atoms with van der Waals surface area (Å²) >= 11 is 12.0. The second kappa shape index (κ2) is 6.44. The van der Waals surface area contributed by atoms with E-state index in [1.54, 1.807) is 24.3 Å². The van der Waals surface area contributed by atoms with E-state index in [0.717, 1.165) is 22.3 Å². The van der Waals surface area contributed by atoms with Crippen molar-refractivity contribution in [2.45, 2.75) is 6.42 Å². The van der Waals surface area contributed by atoms with Gasteiger partial charge in [0.05, 0.1) is 17.6 Å². The molecule has 0 aliphatic rings. The van der Waals surface area contributed by atoms with Gasteiger partial charge in [-0.25, -0.2) is 0 Å². The van der Waals surface area contributed by atoms with Gasteiger partial charge in [0, 0.05) is 26.8 Å². The zero-order valence-corrected chi connectivity index (χ0v) is 13.4. The van der Waals surface area contributed by atoms with Gasteiger partial charge in [0.2, 0.25) is 0 Å². The first kappa shape index (κ1) is 15.6. The first-order chi connectivity index (χ1) is 11.0. The second-order valence-corrected chi connectivity index (χ2v) is 5.90. The van der Waals surface area contributed by atoms with Crippen LogP contribution in [0, 0.1) is 0 Å². The Morgan fingerprint density at radius 2 is 1.78 bits per heavy atom. The number of anilines is 2. The molecule has 2 aromatic carbocycles. The molecule has 0 saturated heterocycles. The molecule has 6 heteroatoms. The lowest BCUT2D eigenvalue weighted by Gasteiger charge is -2.12. The molecular formula is C17H12Cl2N2O2. The average molecular weight is 347 g/mol. The van der Waals surface area contributed by atoms with Crippen LogP contribution in [0.5, 0.6) is 0 Å². The number of rotatable bonds is 4. The Balaban J connectivity index is 2.08. The van der Waals surface area contributed by atoms with E-state index in [2.05, 4.69) is 10.3 Å². The molecule has 0 spiro atoms. The summed E-state index contributed by atoms with van der Waals surface area (Å²) < 4.78 is 0. The number of hydrogen-bond acceptors (Lipinski definition) is 3. The smallest absolute Gasteiger partial charge is 0.309 e. The van der Waals surface area contributed by atoms with Gasteiger partial charge < -0.3 is 10.4 Å². The molecule has 116 valence electrons. The van der Waals surface area contributed by atoms with E-state index in [-0.39, 0.29) is 6.42 Å². The van der Waals surface area contributed by atoms with Crippen LogP contribution < -0.4 is 5.32 Å². The first-order valence-corrected chi connectivity index (χ1v) is 7.60. The molecule has 1 heterocycles. The highest BCUT2D eigenvalue weighted by molar-refractivity contribution is 6.35. The molecule has 0 saturated carbocycles. The third-order valence-corrected chi connectivity index (χ3v) is 3.68. The molecule has 3 rings (SSSR count). The molecule has 3 aromatic rings. The minimum atomic E-state index is -0.926. The standard InChI is InChI=1S/C17H12Cl2N2O2/c18-10-5-11(19)7-12(6-10)21-16-8-13(9-17(22)23)20-15-4-2-1-3-14(15)16/h1-8H,9H2,(H,20,21)(H,22,23). The van der Waals surface area contributed by atoms with Crippen LogP contribution in [-0.2, 0) is 11.2 Å². The maximum absolute atomic E-state index is 11.0. The highest BCUT2D eigenvalue weighted by Gasteiger charge is 2.09. The Kier molecular flexibility index (Phi) is 4.37. The van der Waals surface area contributed by atoms with Crippen LogP contribution in [0.1, 0.15) is 5.69 Å². The van der Waals surface area contributed by atoms with Gasteiger partial charge in [-0.15, -0.1) is 0 Å². The number of nitrogens with one attached hydrogen (secondary N) is 1. The van der Waals surface area contributed by atoms with E-state index < -0.39 is 5.97 Å². The largest absolute Gasteiger partial charge is 0.481 e. The topological polar surface area (TPSA) is 62.2 Å². The molecule has 2 N–H and O–H groups in total. The van der Waals surface area contributed by atoms with Crippen LogP contribution in [0.3, 0.4) is 0 Å². The fraction of sp³-hybridized carbons (Fsp3) is 0.0588. The van der Waals surface area contributed by atoms with Crippen LogP contribution in [0.25, 0.3) is 10.9 Å². The quantitative estimate of drug-likeness (QED) is 0.704. The Morgan fingerprint density at radius 3 is 2.48 bits per heavy atom. The van der Waals surface area contributed by atoms with Crippen molar-refractivity contribution >= 4 is 51.4 Å². The summed E-state index contributed by atoms with van der Waals surface area (Å²) in [5.41, 5.74) is 2.68. The normalized spacial score (nSPS) is 10.7. The molecular weight excluding hydrogens is 335 g/mol. The summed E-state index contributed by atoms with van der Waals surface area (Å²) in [6.45, 7) is 0. The number of halogens is 2. The Bertz CT molecular complexity index is 877. The van der Waals surface area contributed by atoms with Gasteiger partial charge in [-0.05, 0) is 30.3 Å². The maximum Gasteiger partial charge on any atom is 0.309 e. The number of carboxylic acids is 1. The second-order valence-electron chi connectivity index (χ2n) is 5.03. The lowest BCUT2D eigenvalue weighted by atomic mass is 10.1. The molecule has 23 heavy (non-hydrogen) atoms. The predicted molar refractivity (Wildman–Crippen MR) is 92.8 cm³/mol. The van der Waals surface area contributed by atoms with Crippen LogP contribution in [0.2, 0.25) is 10.0 Å². The molecule has 1 aromatic heterocycles. The Hall–Kier alpha value is -2.30. The van der Waals surface area contributed by atoms with Crippen LogP contribution in [-0.4, -0.2) is 16.1 Å². The van der Waals surface area contributed by atoms with Crippen molar-refractivity contribution in [2.75, 3.05) is 5.32 Å². The number of pyridine rings is 1. The van der Waals surface area contributed by atoms with Gasteiger partial charge >= 0.3 is 5.97 Å². The van der Waals surface area contributed by atoms with Crippen LogP contribution >= 0.6 is 23.2 Å².